The second kappa shape index (κ2) is 8.87. The first-order valence-corrected chi connectivity index (χ1v) is 13.6. The molecule has 13 atom stereocenters. The summed E-state index contributed by atoms with van der Waals surface area (Å²) >= 11 is 0. The molecule has 0 aliphatic heterocycles. The number of aliphatic hydroxyl groups is 4. The van der Waals surface area contributed by atoms with E-state index in [1.54, 1.807) is 0 Å². The van der Waals surface area contributed by atoms with E-state index >= 15 is 0 Å². The number of carbonyl (C=O) groups excluding carboxylic acids is 1. The third kappa shape index (κ3) is 3.93. The van der Waals surface area contributed by atoms with Crippen LogP contribution in [0.4, 0.5) is 0 Å². The number of rotatable bonds is 5. The molecule has 4 aliphatic carbocycles. The predicted octanol–water partition coefficient (Wildman–Crippen LogP) is 3.81. The van der Waals surface area contributed by atoms with Crippen LogP contribution in [0.1, 0.15) is 86.5 Å². The zero-order chi connectivity index (χ0) is 24.5. The van der Waals surface area contributed by atoms with Gasteiger partial charge in [0.15, 0.2) is 0 Å². The minimum absolute atomic E-state index is 0.0158. The molecule has 5 heteroatoms. The molecular formula is C28H48O5. The van der Waals surface area contributed by atoms with Crippen molar-refractivity contribution in [3.63, 3.8) is 0 Å². The van der Waals surface area contributed by atoms with Gasteiger partial charge in [-0.15, -0.1) is 0 Å². The Morgan fingerprint density at radius 2 is 1.52 bits per heavy atom. The van der Waals surface area contributed by atoms with E-state index in [-0.39, 0.29) is 34.4 Å². The average Bonchev–Trinajstić information content (AvgIpc) is 3.10. The van der Waals surface area contributed by atoms with Crippen LogP contribution >= 0.6 is 0 Å². The van der Waals surface area contributed by atoms with Gasteiger partial charge in [0.25, 0.3) is 0 Å². The van der Waals surface area contributed by atoms with E-state index in [1.165, 1.54) is 0 Å². The standard InChI is InChI=1S/C28H48O5/c1-14(2)15(3)25(32)26(33)16(4)18-7-8-19-17-11-22(29)21-12-23(30)24(31)13-28(21,6)20(17)9-10-27(18,19)5/h14-21,23-26,30-33H,7-13H2,1-6H3/t15-,16-,17?,18+,19?,20?,21+,23-,24+,25+,26+,27+,28+/m0/s1. The van der Waals surface area contributed by atoms with Crippen LogP contribution in [0.5, 0.6) is 0 Å². The number of hydrogen-bond donors (Lipinski definition) is 4. The van der Waals surface area contributed by atoms with Gasteiger partial charge in [0.1, 0.15) is 5.78 Å². The maximum atomic E-state index is 13.3. The maximum Gasteiger partial charge on any atom is 0.136 e. The van der Waals surface area contributed by atoms with Crippen LogP contribution in [0, 0.1) is 58.2 Å². The average molecular weight is 465 g/mol. The molecule has 5 nitrogen and oxygen atoms in total. The number of hydrogen-bond acceptors (Lipinski definition) is 5. The Balaban J connectivity index is 1.56. The van der Waals surface area contributed by atoms with Crippen molar-refractivity contribution in [2.75, 3.05) is 0 Å². The van der Waals surface area contributed by atoms with Crippen molar-refractivity contribution in [3.05, 3.63) is 0 Å². The monoisotopic (exact) mass is 464 g/mol. The van der Waals surface area contributed by atoms with E-state index in [0.717, 1.165) is 25.7 Å². The summed E-state index contributed by atoms with van der Waals surface area (Å²) in [6.07, 6.45) is 2.80. The molecule has 0 heterocycles. The highest BCUT2D eigenvalue weighted by Gasteiger charge is 2.63. The lowest BCUT2D eigenvalue weighted by atomic mass is 9.44. The fourth-order valence-corrected chi connectivity index (χ4v) is 9.23. The molecule has 0 saturated heterocycles. The Bertz CT molecular complexity index is 738. The summed E-state index contributed by atoms with van der Waals surface area (Å²) in [4.78, 5) is 13.3. The molecule has 0 radical (unpaired) electrons. The van der Waals surface area contributed by atoms with Crippen molar-refractivity contribution in [2.45, 2.75) is 111 Å². The van der Waals surface area contributed by atoms with Gasteiger partial charge in [-0.05, 0) is 90.8 Å². The van der Waals surface area contributed by atoms with E-state index in [9.17, 15) is 25.2 Å². The minimum atomic E-state index is -0.782. The van der Waals surface area contributed by atoms with Gasteiger partial charge in [-0.1, -0.05) is 41.5 Å². The highest BCUT2D eigenvalue weighted by Crippen LogP contribution is 2.67. The largest absolute Gasteiger partial charge is 0.390 e. The fraction of sp³-hybridized carbons (Fsp3) is 0.964. The van der Waals surface area contributed by atoms with Crippen LogP contribution < -0.4 is 0 Å². The van der Waals surface area contributed by atoms with Crippen molar-refractivity contribution < 1.29 is 25.2 Å². The molecular weight excluding hydrogens is 416 g/mol. The first kappa shape index (κ1) is 25.6. The Morgan fingerprint density at radius 1 is 0.879 bits per heavy atom. The molecule has 0 bridgehead atoms. The molecule has 4 aliphatic rings. The van der Waals surface area contributed by atoms with Crippen molar-refractivity contribution in [1.29, 1.82) is 0 Å². The Labute approximate surface area is 200 Å². The van der Waals surface area contributed by atoms with Gasteiger partial charge >= 0.3 is 0 Å². The number of fused-ring (bicyclic) bond motifs is 5. The summed E-state index contributed by atoms with van der Waals surface area (Å²) in [6, 6.07) is 0. The van der Waals surface area contributed by atoms with Gasteiger partial charge in [-0.3, -0.25) is 4.79 Å². The van der Waals surface area contributed by atoms with Crippen LogP contribution in [0.3, 0.4) is 0 Å². The molecule has 0 amide bonds. The van der Waals surface area contributed by atoms with Gasteiger partial charge in [0.2, 0.25) is 0 Å². The van der Waals surface area contributed by atoms with Gasteiger partial charge in [-0.25, -0.2) is 0 Å². The highest BCUT2D eigenvalue weighted by atomic mass is 16.3. The van der Waals surface area contributed by atoms with Gasteiger partial charge in [0.05, 0.1) is 24.4 Å². The molecule has 4 N–H and O–H groups in total. The van der Waals surface area contributed by atoms with E-state index in [1.807, 2.05) is 6.92 Å². The third-order valence-electron chi connectivity index (χ3n) is 11.7. The summed E-state index contributed by atoms with van der Waals surface area (Å²) in [5, 5.41) is 42.8. The Hall–Kier alpha value is -0.490. The minimum Gasteiger partial charge on any atom is -0.390 e. The first-order chi connectivity index (χ1) is 15.3. The number of ketones is 1. The van der Waals surface area contributed by atoms with Gasteiger partial charge in [0, 0.05) is 12.3 Å². The molecule has 0 aromatic rings. The zero-order valence-corrected chi connectivity index (χ0v) is 21.6. The van der Waals surface area contributed by atoms with Crippen LogP contribution in [-0.4, -0.2) is 50.6 Å². The van der Waals surface area contributed by atoms with Gasteiger partial charge < -0.3 is 20.4 Å². The lowest BCUT2D eigenvalue weighted by Crippen LogP contribution is -2.59. The molecule has 0 aromatic heterocycles. The van der Waals surface area contributed by atoms with E-state index in [0.29, 0.717) is 48.9 Å². The quantitative estimate of drug-likeness (QED) is 0.496. The topological polar surface area (TPSA) is 98.0 Å². The summed E-state index contributed by atoms with van der Waals surface area (Å²) in [5.74, 6) is 2.05. The van der Waals surface area contributed by atoms with E-state index in [4.69, 9.17) is 0 Å². The Kier molecular flexibility index (Phi) is 6.88. The second-order valence-corrected chi connectivity index (χ2v) is 13.4. The molecule has 33 heavy (non-hydrogen) atoms. The highest BCUT2D eigenvalue weighted by molar-refractivity contribution is 5.83. The van der Waals surface area contributed by atoms with Crippen LogP contribution in [0.2, 0.25) is 0 Å². The number of aliphatic hydroxyl groups excluding tert-OH is 4. The fourth-order valence-electron chi connectivity index (χ4n) is 9.23. The normalized spacial score (nSPS) is 49.1. The van der Waals surface area contributed by atoms with Crippen molar-refractivity contribution in [3.8, 4) is 0 Å². The summed E-state index contributed by atoms with van der Waals surface area (Å²) < 4.78 is 0. The lowest BCUT2D eigenvalue weighted by Gasteiger charge is -2.61. The maximum absolute atomic E-state index is 13.3. The third-order valence-corrected chi connectivity index (χ3v) is 11.7. The van der Waals surface area contributed by atoms with Crippen LogP contribution in [0.15, 0.2) is 0 Å². The first-order valence-electron chi connectivity index (χ1n) is 13.6. The second-order valence-electron chi connectivity index (χ2n) is 13.4. The SMILES string of the molecule is CC(C)[C@H](C)[C@@H](O)[C@H](O)[C@@H](C)[C@H]1CCC2C3CC(=O)[C@H]4C[C@H](O)[C@H](O)C[C@]4(C)C3CC[C@@]21C. The molecule has 0 spiro atoms. The smallest absolute Gasteiger partial charge is 0.136 e. The van der Waals surface area contributed by atoms with Crippen LogP contribution in [-0.2, 0) is 4.79 Å². The molecule has 0 aromatic carbocycles. The molecule has 3 unspecified atom stereocenters. The lowest BCUT2D eigenvalue weighted by molar-refractivity contribution is -0.175. The summed E-state index contributed by atoms with van der Waals surface area (Å²) in [6.45, 7) is 12.9. The summed E-state index contributed by atoms with van der Waals surface area (Å²) in [5.41, 5.74) is -0.162. The van der Waals surface area contributed by atoms with E-state index in [2.05, 4.69) is 34.6 Å². The van der Waals surface area contributed by atoms with Crippen molar-refractivity contribution >= 4 is 5.78 Å². The van der Waals surface area contributed by atoms with Gasteiger partial charge in [-0.2, -0.15) is 0 Å². The van der Waals surface area contributed by atoms with E-state index < -0.39 is 24.4 Å². The van der Waals surface area contributed by atoms with Crippen LogP contribution in [0.25, 0.3) is 0 Å². The predicted molar refractivity (Wildman–Crippen MR) is 128 cm³/mol. The summed E-state index contributed by atoms with van der Waals surface area (Å²) in [7, 11) is 0. The zero-order valence-electron chi connectivity index (χ0n) is 21.6. The van der Waals surface area contributed by atoms with Crippen molar-refractivity contribution in [2.24, 2.45) is 58.2 Å². The van der Waals surface area contributed by atoms with Crippen molar-refractivity contribution in [1.82, 2.24) is 0 Å². The molecule has 4 rings (SSSR count). The molecule has 190 valence electrons. The number of Topliss-reactive ketones (excluding diaryl/α,β-unsaturated/α-hetero) is 1. The number of carbonyl (C=O) groups is 1. The molecule has 4 saturated carbocycles. The molecule has 4 fully saturated rings. The Morgan fingerprint density at radius 3 is 2.15 bits per heavy atom.